The molecule has 0 bridgehead atoms. The van der Waals surface area contributed by atoms with Crippen LogP contribution in [0.3, 0.4) is 0 Å². The number of rotatable bonds is 7. The summed E-state index contributed by atoms with van der Waals surface area (Å²) in [5.41, 5.74) is 3.54. The fourth-order valence-electron chi connectivity index (χ4n) is 3.73. The molecule has 0 fully saturated rings. The van der Waals surface area contributed by atoms with Crippen molar-refractivity contribution in [3.8, 4) is 0 Å². The van der Waals surface area contributed by atoms with Crippen LogP contribution in [0.1, 0.15) is 47.0 Å². The first-order valence-electron chi connectivity index (χ1n) is 10.0. The Morgan fingerprint density at radius 3 is 2.40 bits per heavy atom. The largest absolute Gasteiger partial charge is 0.478 e. The Balaban J connectivity index is 2.35. The lowest BCUT2D eigenvalue weighted by molar-refractivity contribution is -0.131. The lowest BCUT2D eigenvalue weighted by Crippen LogP contribution is -2.39. The van der Waals surface area contributed by atoms with E-state index in [-0.39, 0.29) is 0 Å². The third-order valence-corrected chi connectivity index (χ3v) is 7.97. The molecular formula is C25H30O4S. The quantitative estimate of drug-likeness (QED) is 0.441. The van der Waals surface area contributed by atoms with Gasteiger partial charge in [0.25, 0.3) is 0 Å². The smallest absolute Gasteiger partial charge is 0.328 e. The van der Waals surface area contributed by atoms with Crippen LogP contribution >= 0.6 is 0 Å². The molecule has 0 amide bonds. The van der Waals surface area contributed by atoms with Gasteiger partial charge in [0.1, 0.15) is 0 Å². The second-order valence-corrected chi connectivity index (χ2v) is 10.3. The molecule has 1 aliphatic carbocycles. The topological polar surface area (TPSA) is 71.4 Å². The maximum Gasteiger partial charge on any atom is 0.328 e. The third kappa shape index (κ3) is 5.48. The standard InChI is InChI=1S/C25H30O4S/c1-19(10-8-11-20(2)18-24(26)27)15-16-23-21(3)12-9-17-25(23,4)30(28,29)22-13-6-5-7-14-22/h5-8,10-11,13-16,18H,9,12,17H2,1-4H3,(H,26,27)/b11-8+,16-15+,19-10+,20-18+/t25-/m1/s1. The average molecular weight is 427 g/mol. The number of hydrogen-bond acceptors (Lipinski definition) is 3. The molecule has 2 rings (SSSR count). The van der Waals surface area contributed by atoms with E-state index < -0.39 is 20.6 Å². The maximum absolute atomic E-state index is 13.5. The molecule has 0 aliphatic heterocycles. The minimum absolute atomic E-state index is 0.351. The summed E-state index contributed by atoms with van der Waals surface area (Å²) in [6, 6.07) is 8.65. The summed E-state index contributed by atoms with van der Waals surface area (Å²) in [7, 11) is -3.54. The van der Waals surface area contributed by atoms with E-state index >= 15 is 0 Å². The fraction of sp³-hybridized carbons (Fsp3) is 0.320. The van der Waals surface area contributed by atoms with E-state index in [2.05, 4.69) is 0 Å². The van der Waals surface area contributed by atoms with Gasteiger partial charge in [-0.05, 0) is 70.2 Å². The van der Waals surface area contributed by atoms with Gasteiger partial charge in [-0.2, -0.15) is 0 Å². The molecule has 0 spiro atoms. The van der Waals surface area contributed by atoms with Crippen molar-refractivity contribution in [1.82, 2.24) is 0 Å². The Morgan fingerprint density at radius 1 is 1.10 bits per heavy atom. The SMILES string of the molecule is CC1=C(/C=C/C(C)=C/C=C/C(C)=C/C(=O)O)[C@](C)(S(=O)(=O)c2ccccc2)CCC1. The van der Waals surface area contributed by atoms with E-state index in [4.69, 9.17) is 5.11 Å². The summed E-state index contributed by atoms with van der Waals surface area (Å²) in [6.07, 6.45) is 12.7. The van der Waals surface area contributed by atoms with Crippen LogP contribution in [0.2, 0.25) is 0 Å². The van der Waals surface area contributed by atoms with E-state index in [0.29, 0.717) is 16.9 Å². The zero-order chi connectivity index (χ0) is 22.4. The van der Waals surface area contributed by atoms with E-state index in [1.165, 1.54) is 0 Å². The van der Waals surface area contributed by atoms with E-state index in [1.807, 2.05) is 45.1 Å². The number of sulfone groups is 1. The molecular weight excluding hydrogens is 396 g/mol. The molecule has 0 aromatic heterocycles. The van der Waals surface area contributed by atoms with Gasteiger partial charge in [0.15, 0.2) is 9.84 Å². The van der Waals surface area contributed by atoms with Crippen LogP contribution in [0.25, 0.3) is 0 Å². The Morgan fingerprint density at radius 2 is 1.77 bits per heavy atom. The van der Waals surface area contributed by atoms with Crippen LogP contribution in [0.5, 0.6) is 0 Å². The molecule has 1 aliphatic rings. The van der Waals surface area contributed by atoms with Crippen molar-refractivity contribution in [3.63, 3.8) is 0 Å². The van der Waals surface area contributed by atoms with Crippen molar-refractivity contribution in [2.45, 2.75) is 56.6 Å². The van der Waals surface area contributed by atoms with Gasteiger partial charge in [0.05, 0.1) is 9.64 Å². The van der Waals surface area contributed by atoms with Crippen LogP contribution in [0.15, 0.2) is 94.0 Å². The summed E-state index contributed by atoms with van der Waals surface area (Å²) in [5.74, 6) is -0.976. The number of aliphatic carboxylic acids is 1. The highest BCUT2D eigenvalue weighted by molar-refractivity contribution is 7.93. The number of carboxylic acid groups (broad SMARTS) is 1. The number of allylic oxidation sites excluding steroid dienone is 8. The monoisotopic (exact) mass is 426 g/mol. The highest BCUT2D eigenvalue weighted by Crippen LogP contribution is 2.43. The first kappa shape index (κ1) is 23.6. The molecule has 1 aromatic carbocycles. The minimum atomic E-state index is -3.54. The average Bonchev–Trinajstić information content (AvgIpc) is 2.67. The molecule has 0 heterocycles. The second-order valence-electron chi connectivity index (χ2n) is 7.92. The first-order valence-corrected chi connectivity index (χ1v) is 11.5. The van der Waals surface area contributed by atoms with E-state index in [1.54, 1.807) is 43.3 Å². The van der Waals surface area contributed by atoms with Crippen molar-refractivity contribution >= 4 is 15.8 Å². The summed E-state index contributed by atoms with van der Waals surface area (Å²) >= 11 is 0. The van der Waals surface area contributed by atoms with Gasteiger partial charge in [0, 0.05) is 6.08 Å². The van der Waals surface area contributed by atoms with Crippen molar-refractivity contribution in [3.05, 3.63) is 89.1 Å². The summed E-state index contributed by atoms with van der Waals surface area (Å²) in [6.45, 7) is 7.49. The minimum Gasteiger partial charge on any atom is -0.478 e. The molecule has 0 saturated carbocycles. The summed E-state index contributed by atoms with van der Waals surface area (Å²) in [5, 5.41) is 8.75. The molecule has 1 N–H and O–H groups in total. The predicted octanol–water partition coefficient (Wildman–Crippen LogP) is 5.81. The van der Waals surface area contributed by atoms with Crippen molar-refractivity contribution in [2.75, 3.05) is 0 Å². The van der Waals surface area contributed by atoms with E-state index in [0.717, 1.165) is 35.6 Å². The van der Waals surface area contributed by atoms with Gasteiger partial charge in [-0.1, -0.05) is 59.7 Å². The highest BCUT2D eigenvalue weighted by Gasteiger charge is 2.44. The Kier molecular flexibility index (Phi) is 7.79. The summed E-state index contributed by atoms with van der Waals surface area (Å²) in [4.78, 5) is 11.0. The lowest BCUT2D eigenvalue weighted by atomic mass is 9.83. The normalized spacial score (nSPS) is 21.6. The van der Waals surface area contributed by atoms with Crippen molar-refractivity contribution in [1.29, 1.82) is 0 Å². The van der Waals surface area contributed by atoms with Crippen molar-refractivity contribution < 1.29 is 18.3 Å². The molecule has 0 radical (unpaired) electrons. The molecule has 0 unspecified atom stereocenters. The molecule has 5 heteroatoms. The summed E-state index contributed by atoms with van der Waals surface area (Å²) < 4.78 is 26.0. The maximum atomic E-state index is 13.5. The van der Waals surface area contributed by atoms with Crippen LogP contribution < -0.4 is 0 Å². The predicted molar refractivity (Wildman–Crippen MR) is 122 cm³/mol. The van der Waals surface area contributed by atoms with Gasteiger partial charge >= 0.3 is 5.97 Å². The Hall–Kier alpha value is -2.66. The molecule has 1 aromatic rings. The number of benzene rings is 1. The number of carbonyl (C=O) groups is 1. The molecule has 1 atom stereocenters. The van der Waals surface area contributed by atoms with Crippen LogP contribution in [-0.4, -0.2) is 24.2 Å². The first-order chi connectivity index (χ1) is 14.1. The molecule has 160 valence electrons. The van der Waals surface area contributed by atoms with Crippen molar-refractivity contribution in [2.24, 2.45) is 0 Å². The van der Waals surface area contributed by atoms with Gasteiger partial charge in [-0.3, -0.25) is 0 Å². The van der Waals surface area contributed by atoms with Crippen LogP contribution in [0.4, 0.5) is 0 Å². The van der Waals surface area contributed by atoms with Gasteiger partial charge in [-0.25, -0.2) is 13.2 Å². The zero-order valence-electron chi connectivity index (χ0n) is 18.1. The number of carboxylic acids is 1. The Bertz CT molecular complexity index is 1040. The van der Waals surface area contributed by atoms with E-state index in [9.17, 15) is 13.2 Å². The van der Waals surface area contributed by atoms with Gasteiger partial charge in [-0.15, -0.1) is 0 Å². The molecule has 30 heavy (non-hydrogen) atoms. The second kappa shape index (κ2) is 9.90. The lowest BCUT2D eigenvalue weighted by Gasteiger charge is -2.36. The highest BCUT2D eigenvalue weighted by atomic mass is 32.2. The molecule has 0 saturated heterocycles. The van der Waals surface area contributed by atoms with Crippen LogP contribution in [-0.2, 0) is 14.6 Å². The van der Waals surface area contributed by atoms with Crippen LogP contribution in [0, 0.1) is 0 Å². The Labute approximate surface area is 179 Å². The van der Waals surface area contributed by atoms with Gasteiger partial charge < -0.3 is 5.11 Å². The van der Waals surface area contributed by atoms with Gasteiger partial charge in [0.2, 0.25) is 0 Å². The fourth-order valence-corrected chi connectivity index (χ4v) is 5.71. The third-order valence-electron chi connectivity index (χ3n) is 5.46. The number of hydrogen-bond donors (Lipinski definition) is 1. The zero-order valence-corrected chi connectivity index (χ0v) is 18.9. The molecule has 4 nitrogen and oxygen atoms in total.